The second-order valence-corrected chi connectivity index (χ2v) is 10.1. The molecule has 3 heterocycles. The number of piperidine rings is 1. The highest BCUT2D eigenvalue weighted by Crippen LogP contribution is 2.32. The van der Waals surface area contributed by atoms with E-state index in [1.54, 1.807) is 36.5 Å². The van der Waals surface area contributed by atoms with Crippen LogP contribution in [0.1, 0.15) is 35.7 Å². The van der Waals surface area contributed by atoms with E-state index in [0.29, 0.717) is 55.1 Å². The number of rotatable bonds is 5. The summed E-state index contributed by atoms with van der Waals surface area (Å²) in [4.78, 5) is 18.9. The summed E-state index contributed by atoms with van der Waals surface area (Å²) in [5.41, 5.74) is 0.905. The average molecular weight is 483 g/mol. The minimum atomic E-state index is -3.83. The number of hydrogen-bond acceptors (Lipinski definition) is 6. The van der Waals surface area contributed by atoms with Gasteiger partial charge in [-0.3, -0.25) is 9.52 Å². The van der Waals surface area contributed by atoms with Crippen molar-refractivity contribution in [2.75, 3.05) is 31.0 Å². The second-order valence-electron chi connectivity index (χ2n) is 8.38. The molecular formula is C24H26N4O5S. The Morgan fingerprint density at radius 1 is 1.00 bits per heavy atom. The van der Waals surface area contributed by atoms with Crippen LogP contribution in [0, 0.1) is 0 Å². The van der Waals surface area contributed by atoms with E-state index in [1.165, 1.54) is 12.1 Å². The van der Waals surface area contributed by atoms with Crippen LogP contribution in [0.2, 0.25) is 0 Å². The third kappa shape index (κ3) is 4.72. The van der Waals surface area contributed by atoms with Gasteiger partial charge in [0.2, 0.25) is 0 Å². The highest BCUT2D eigenvalue weighted by Gasteiger charge is 2.25. The molecule has 34 heavy (non-hydrogen) atoms. The van der Waals surface area contributed by atoms with Crippen LogP contribution in [0.5, 0.6) is 11.5 Å². The number of nitrogens with zero attached hydrogens (tertiary/aromatic N) is 3. The van der Waals surface area contributed by atoms with Gasteiger partial charge in [-0.1, -0.05) is 0 Å². The number of aromatic nitrogens is 2. The Hall–Kier alpha value is -3.53. The zero-order chi connectivity index (χ0) is 23.5. The van der Waals surface area contributed by atoms with E-state index in [1.807, 2.05) is 17.4 Å². The number of hydrogen-bond donors (Lipinski definition) is 1. The van der Waals surface area contributed by atoms with Gasteiger partial charge in [-0.05, 0) is 49.2 Å². The van der Waals surface area contributed by atoms with Crippen molar-refractivity contribution in [1.82, 2.24) is 14.5 Å². The first-order valence-corrected chi connectivity index (χ1v) is 12.8. The fourth-order valence-electron chi connectivity index (χ4n) is 4.24. The molecule has 1 fully saturated rings. The smallest absolute Gasteiger partial charge is 0.262 e. The Morgan fingerprint density at radius 3 is 2.44 bits per heavy atom. The van der Waals surface area contributed by atoms with Crippen LogP contribution in [0.25, 0.3) is 0 Å². The van der Waals surface area contributed by atoms with Gasteiger partial charge in [0.25, 0.3) is 15.9 Å². The van der Waals surface area contributed by atoms with Crippen LogP contribution in [-0.2, 0) is 10.0 Å². The van der Waals surface area contributed by atoms with E-state index in [-0.39, 0.29) is 10.8 Å². The second kappa shape index (κ2) is 9.38. The zero-order valence-electron chi connectivity index (χ0n) is 18.6. The Labute approximate surface area is 198 Å². The van der Waals surface area contributed by atoms with Gasteiger partial charge in [-0.15, -0.1) is 0 Å². The topological polar surface area (TPSA) is 103 Å². The lowest BCUT2D eigenvalue weighted by Crippen LogP contribution is -2.38. The number of amides is 1. The molecule has 3 aromatic rings. The lowest BCUT2D eigenvalue weighted by atomic mass is 10.0. The summed E-state index contributed by atoms with van der Waals surface area (Å²) in [5, 5.41) is 0. The third-order valence-electron chi connectivity index (χ3n) is 6.11. The molecule has 10 heteroatoms. The van der Waals surface area contributed by atoms with Gasteiger partial charge in [-0.2, -0.15) is 0 Å². The molecule has 178 valence electrons. The number of carbonyl (C=O) groups excluding carboxylic acids is 1. The lowest BCUT2D eigenvalue weighted by Gasteiger charge is -2.32. The number of fused-ring (bicyclic) bond motifs is 1. The number of benzene rings is 2. The van der Waals surface area contributed by atoms with Gasteiger partial charge in [0.05, 0.1) is 24.4 Å². The molecule has 0 saturated carbocycles. The van der Waals surface area contributed by atoms with E-state index in [0.717, 1.165) is 19.3 Å². The number of ether oxygens (including phenoxy) is 2. The highest BCUT2D eigenvalue weighted by molar-refractivity contribution is 7.92. The normalized spacial score (nSPS) is 16.6. The van der Waals surface area contributed by atoms with Crippen molar-refractivity contribution in [3.63, 3.8) is 0 Å². The number of anilines is 1. The lowest BCUT2D eigenvalue weighted by molar-refractivity contribution is 0.0694. The van der Waals surface area contributed by atoms with Crippen molar-refractivity contribution in [2.45, 2.75) is 30.2 Å². The van der Waals surface area contributed by atoms with E-state index < -0.39 is 10.0 Å². The molecule has 2 aromatic carbocycles. The number of likely N-dealkylation sites (tertiary alicyclic amines) is 1. The zero-order valence-corrected chi connectivity index (χ0v) is 19.4. The van der Waals surface area contributed by atoms with Crippen LogP contribution in [0.3, 0.4) is 0 Å². The monoisotopic (exact) mass is 482 g/mol. The van der Waals surface area contributed by atoms with Crippen LogP contribution in [0.15, 0.2) is 66.1 Å². The maximum Gasteiger partial charge on any atom is 0.262 e. The molecule has 1 aromatic heterocycles. The fourth-order valence-corrected chi connectivity index (χ4v) is 5.31. The van der Waals surface area contributed by atoms with Gasteiger partial charge >= 0.3 is 0 Å². The SMILES string of the molecule is O=C(c1ccc(NS(=O)(=O)c2ccc3c(c2)OCCCO3)cc1)N1CCC(n2ccnc2)CC1. The molecule has 1 N–H and O–H groups in total. The molecule has 0 atom stereocenters. The summed E-state index contributed by atoms with van der Waals surface area (Å²) < 4.78 is 41.6. The van der Waals surface area contributed by atoms with Crippen LogP contribution in [-0.4, -0.2) is 55.1 Å². The molecule has 1 amide bonds. The summed E-state index contributed by atoms with van der Waals surface area (Å²) in [6.07, 6.45) is 8.01. The van der Waals surface area contributed by atoms with E-state index in [9.17, 15) is 13.2 Å². The summed E-state index contributed by atoms with van der Waals surface area (Å²) >= 11 is 0. The highest BCUT2D eigenvalue weighted by atomic mass is 32.2. The molecule has 5 rings (SSSR count). The van der Waals surface area contributed by atoms with Gasteiger partial charge in [0.15, 0.2) is 11.5 Å². The molecule has 0 radical (unpaired) electrons. The minimum Gasteiger partial charge on any atom is -0.490 e. The quantitative estimate of drug-likeness (QED) is 0.599. The van der Waals surface area contributed by atoms with Crippen molar-refractivity contribution in [1.29, 1.82) is 0 Å². The first-order valence-electron chi connectivity index (χ1n) is 11.3. The predicted octanol–water partition coefficient (Wildman–Crippen LogP) is 3.32. The largest absolute Gasteiger partial charge is 0.490 e. The molecular weight excluding hydrogens is 456 g/mol. The molecule has 2 aliphatic heterocycles. The molecule has 9 nitrogen and oxygen atoms in total. The van der Waals surface area contributed by atoms with Crippen molar-refractivity contribution < 1.29 is 22.7 Å². The van der Waals surface area contributed by atoms with Crippen LogP contribution in [0.4, 0.5) is 5.69 Å². The van der Waals surface area contributed by atoms with Crippen LogP contribution < -0.4 is 14.2 Å². The van der Waals surface area contributed by atoms with Gasteiger partial charge in [0, 0.05) is 55.3 Å². The van der Waals surface area contributed by atoms with E-state index >= 15 is 0 Å². The number of nitrogens with one attached hydrogen (secondary N) is 1. The molecule has 0 bridgehead atoms. The number of imidazole rings is 1. The summed E-state index contributed by atoms with van der Waals surface area (Å²) in [5.74, 6) is 0.896. The van der Waals surface area contributed by atoms with Crippen molar-refractivity contribution >= 4 is 21.6 Å². The van der Waals surface area contributed by atoms with Gasteiger partial charge < -0.3 is 18.9 Å². The van der Waals surface area contributed by atoms with Gasteiger partial charge in [0.1, 0.15) is 0 Å². The molecule has 2 aliphatic rings. The van der Waals surface area contributed by atoms with Crippen molar-refractivity contribution in [2.24, 2.45) is 0 Å². The number of carbonyl (C=O) groups is 1. The minimum absolute atomic E-state index is 0.0543. The molecule has 1 saturated heterocycles. The Kier molecular flexibility index (Phi) is 6.14. The molecule has 0 spiro atoms. The third-order valence-corrected chi connectivity index (χ3v) is 7.49. The Balaban J connectivity index is 1.23. The summed E-state index contributed by atoms with van der Waals surface area (Å²) in [6, 6.07) is 11.4. The van der Waals surface area contributed by atoms with E-state index in [2.05, 4.69) is 14.3 Å². The maximum absolute atomic E-state index is 12.9. The standard InChI is InChI=1S/C24H26N4O5S/c29-24(27-11-8-20(9-12-27)28-13-10-25-17-28)18-2-4-19(5-3-18)26-34(30,31)21-6-7-22-23(16-21)33-15-1-14-32-22/h2-7,10,13,16-17,20,26H,1,8-9,11-12,14-15H2. The predicted molar refractivity (Wildman–Crippen MR) is 126 cm³/mol. The Bertz CT molecular complexity index is 1250. The van der Waals surface area contributed by atoms with Crippen LogP contribution >= 0.6 is 0 Å². The fraction of sp³-hybridized carbons (Fsp3) is 0.333. The molecule has 0 aliphatic carbocycles. The van der Waals surface area contributed by atoms with Gasteiger partial charge in [-0.25, -0.2) is 13.4 Å². The van der Waals surface area contributed by atoms with E-state index in [4.69, 9.17) is 9.47 Å². The maximum atomic E-state index is 12.9. The van der Waals surface area contributed by atoms with Crippen molar-refractivity contribution in [3.05, 3.63) is 66.7 Å². The number of sulfonamides is 1. The van der Waals surface area contributed by atoms with Crippen molar-refractivity contribution in [3.8, 4) is 11.5 Å². The first-order chi connectivity index (χ1) is 16.5. The summed E-state index contributed by atoms with van der Waals surface area (Å²) in [6.45, 7) is 2.34. The molecule has 0 unspecified atom stereocenters. The summed E-state index contributed by atoms with van der Waals surface area (Å²) in [7, 11) is -3.83. The Morgan fingerprint density at radius 2 is 1.74 bits per heavy atom. The first kappa shape index (κ1) is 22.3. The average Bonchev–Trinajstić information content (AvgIpc) is 3.29.